The van der Waals surface area contributed by atoms with Crippen LogP contribution in [-0.4, -0.2) is 0 Å². The Balaban J connectivity index is 3.95. The molecule has 0 aliphatic rings. The quantitative estimate of drug-likeness (QED) is 0.321. The maximum absolute atomic E-state index is 3.07. The molecule has 0 aromatic rings. The van der Waals surface area contributed by atoms with E-state index in [1.54, 1.807) is 0 Å². The molecule has 0 aliphatic heterocycles. The molecule has 0 heterocycles. The zero-order chi connectivity index (χ0) is 17.9. The van der Waals surface area contributed by atoms with Gasteiger partial charge in [-0.15, -0.1) is 0 Å². The molecule has 0 nitrogen and oxygen atoms in total. The standard InChI is InChI=1S/C24H34/c1-5-7-9-16-20-24(4)22-18-14-12-10-11-13-17-21-23(3)19-15-8-6-2/h8-9,15-18,21-24H,5-7,10,19-20H2,1-4H3/b15-8-,16-9-,21-17+,22-18+/t23-,24-/m0/s1. The van der Waals surface area contributed by atoms with E-state index in [0.717, 1.165) is 19.3 Å². The van der Waals surface area contributed by atoms with E-state index in [2.05, 4.69) is 87.8 Å². The lowest BCUT2D eigenvalue weighted by Crippen LogP contribution is -1.85. The molecule has 0 aromatic carbocycles. The molecule has 0 saturated heterocycles. The summed E-state index contributed by atoms with van der Waals surface area (Å²) in [5, 5.41) is 0. The van der Waals surface area contributed by atoms with Crippen LogP contribution in [0.3, 0.4) is 0 Å². The summed E-state index contributed by atoms with van der Waals surface area (Å²) in [5.74, 6) is 13.4. The zero-order valence-corrected chi connectivity index (χ0v) is 16.0. The normalized spacial score (nSPS) is 14.0. The molecular formula is C24H34. The monoisotopic (exact) mass is 322 g/mol. The molecule has 0 amide bonds. The molecule has 0 saturated carbocycles. The second-order valence-corrected chi connectivity index (χ2v) is 6.10. The van der Waals surface area contributed by atoms with Gasteiger partial charge in [-0.25, -0.2) is 0 Å². The van der Waals surface area contributed by atoms with Crippen LogP contribution in [-0.2, 0) is 0 Å². The lowest BCUT2D eigenvalue weighted by atomic mass is 10.1. The smallest absolute Gasteiger partial charge is 0.0709 e. The molecule has 0 N–H and O–H groups in total. The maximum atomic E-state index is 3.07. The molecule has 0 unspecified atom stereocenters. The van der Waals surface area contributed by atoms with Crippen LogP contribution in [0.2, 0.25) is 0 Å². The Kier molecular flexibility index (Phi) is 16.0. The Morgan fingerprint density at radius 1 is 0.750 bits per heavy atom. The molecule has 130 valence electrons. The maximum Gasteiger partial charge on any atom is 0.0709 e. The van der Waals surface area contributed by atoms with Gasteiger partial charge in [0.2, 0.25) is 0 Å². The van der Waals surface area contributed by atoms with E-state index in [-0.39, 0.29) is 0 Å². The van der Waals surface area contributed by atoms with Crippen molar-refractivity contribution in [1.29, 1.82) is 0 Å². The molecule has 0 rings (SSSR count). The topological polar surface area (TPSA) is 0 Å². The SMILES string of the molecule is CC/C=C\C[C@H](C)/C=C/C#CCC#C/C=C/[C@@H](C)C/C=C\CCC. The minimum Gasteiger partial charge on any atom is -0.0888 e. The second-order valence-electron chi connectivity index (χ2n) is 6.10. The van der Waals surface area contributed by atoms with Crippen LogP contribution in [0.25, 0.3) is 0 Å². The first-order chi connectivity index (χ1) is 11.7. The number of rotatable bonds is 9. The number of hydrogen-bond donors (Lipinski definition) is 0. The van der Waals surface area contributed by atoms with E-state index in [4.69, 9.17) is 0 Å². The first-order valence-electron chi connectivity index (χ1n) is 9.30. The van der Waals surface area contributed by atoms with Crippen LogP contribution in [0.1, 0.15) is 66.2 Å². The Morgan fingerprint density at radius 3 is 1.79 bits per heavy atom. The van der Waals surface area contributed by atoms with Gasteiger partial charge in [0.1, 0.15) is 0 Å². The number of unbranched alkanes of at least 4 members (excludes halogenated alkanes) is 1. The number of allylic oxidation sites excluding steroid dienone is 8. The highest BCUT2D eigenvalue weighted by molar-refractivity contribution is 5.23. The van der Waals surface area contributed by atoms with Crippen molar-refractivity contribution < 1.29 is 0 Å². The van der Waals surface area contributed by atoms with Gasteiger partial charge in [-0.2, -0.15) is 0 Å². The highest BCUT2D eigenvalue weighted by Gasteiger charge is 1.91. The average molecular weight is 323 g/mol. The van der Waals surface area contributed by atoms with E-state index in [1.807, 2.05) is 12.2 Å². The summed E-state index contributed by atoms with van der Waals surface area (Å²) in [6, 6.07) is 0. The van der Waals surface area contributed by atoms with E-state index < -0.39 is 0 Å². The van der Waals surface area contributed by atoms with Gasteiger partial charge in [0.25, 0.3) is 0 Å². The summed E-state index contributed by atoms with van der Waals surface area (Å²) in [5.41, 5.74) is 0. The molecule has 2 atom stereocenters. The second kappa shape index (κ2) is 17.4. The van der Waals surface area contributed by atoms with Gasteiger partial charge in [0, 0.05) is 0 Å². The van der Waals surface area contributed by atoms with Crippen molar-refractivity contribution in [2.75, 3.05) is 0 Å². The van der Waals surface area contributed by atoms with Gasteiger partial charge in [-0.3, -0.25) is 0 Å². The Morgan fingerprint density at radius 2 is 1.29 bits per heavy atom. The van der Waals surface area contributed by atoms with Gasteiger partial charge in [0.15, 0.2) is 0 Å². The highest BCUT2D eigenvalue weighted by Crippen LogP contribution is 2.05. The fraction of sp³-hybridized carbons (Fsp3) is 0.500. The van der Waals surface area contributed by atoms with E-state index in [9.17, 15) is 0 Å². The summed E-state index contributed by atoms with van der Waals surface area (Å²) < 4.78 is 0. The third kappa shape index (κ3) is 16.5. The lowest BCUT2D eigenvalue weighted by molar-refractivity contribution is 0.741. The fourth-order valence-corrected chi connectivity index (χ4v) is 1.92. The van der Waals surface area contributed by atoms with Crippen molar-refractivity contribution in [3.05, 3.63) is 48.6 Å². The van der Waals surface area contributed by atoms with Crippen molar-refractivity contribution in [2.45, 2.75) is 66.2 Å². The van der Waals surface area contributed by atoms with Gasteiger partial charge < -0.3 is 0 Å². The Hall–Kier alpha value is -1.92. The molecule has 0 aromatic heterocycles. The van der Waals surface area contributed by atoms with Crippen LogP contribution < -0.4 is 0 Å². The summed E-state index contributed by atoms with van der Waals surface area (Å²) in [4.78, 5) is 0. The van der Waals surface area contributed by atoms with Crippen LogP contribution >= 0.6 is 0 Å². The first-order valence-corrected chi connectivity index (χ1v) is 9.30. The average Bonchev–Trinajstić information content (AvgIpc) is 2.57. The summed E-state index contributed by atoms with van der Waals surface area (Å²) >= 11 is 0. The Labute approximate surface area is 150 Å². The third-order valence-corrected chi connectivity index (χ3v) is 3.44. The van der Waals surface area contributed by atoms with Gasteiger partial charge in [0.05, 0.1) is 6.42 Å². The highest BCUT2D eigenvalue weighted by atomic mass is 14.0. The molecule has 0 fully saturated rings. The summed E-state index contributed by atoms with van der Waals surface area (Å²) in [7, 11) is 0. The van der Waals surface area contributed by atoms with Crippen LogP contribution in [0.4, 0.5) is 0 Å². The van der Waals surface area contributed by atoms with Crippen LogP contribution in [0.15, 0.2) is 48.6 Å². The van der Waals surface area contributed by atoms with Crippen molar-refractivity contribution in [2.24, 2.45) is 11.8 Å². The molecule has 0 radical (unpaired) electrons. The van der Waals surface area contributed by atoms with Gasteiger partial charge in [-0.1, -0.05) is 94.3 Å². The summed E-state index contributed by atoms with van der Waals surface area (Å²) in [6.45, 7) is 8.79. The van der Waals surface area contributed by atoms with Crippen molar-refractivity contribution in [3.63, 3.8) is 0 Å². The predicted molar refractivity (Wildman–Crippen MR) is 109 cm³/mol. The predicted octanol–water partition coefficient (Wildman–Crippen LogP) is 6.87. The largest absolute Gasteiger partial charge is 0.0888 e. The summed E-state index contributed by atoms with van der Waals surface area (Å²) in [6.07, 6.45) is 23.5. The van der Waals surface area contributed by atoms with Gasteiger partial charge >= 0.3 is 0 Å². The fourth-order valence-electron chi connectivity index (χ4n) is 1.92. The Bertz CT molecular complexity index is 520. The van der Waals surface area contributed by atoms with Gasteiger partial charge in [-0.05, 0) is 49.7 Å². The molecular weight excluding hydrogens is 288 g/mol. The van der Waals surface area contributed by atoms with Crippen LogP contribution in [0, 0.1) is 35.5 Å². The molecule has 0 heteroatoms. The van der Waals surface area contributed by atoms with E-state index in [0.29, 0.717) is 18.3 Å². The van der Waals surface area contributed by atoms with Crippen molar-refractivity contribution in [1.82, 2.24) is 0 Å². The minimum absolute atomic E-state index is 0.545. The molecule has 24 heavy (non-hydrogen) atoms. The molecule has 0 spiro atoms. The van der Waals surface area contributed by atoms with E-state index >= 15 is 0 Å². The van der Waals surface area contributed by atoms with Crippen LogP contribution in [0.5, 0.6) is 0 Å². The zero-order valence-electron chi connectivity index (χ0n) is 16.0. The minimum atomic E-state index is 0.545. The first kappa shape index (κ1) is 22.1. The number of hydrogen-bond acceptors (Lipinski definition) is 0. The molecule has 0 bridgehead atoms. The van der Waals surface area contributed by atoms with Crippen molar-refractivity contribution >= 4 is 0 Å². The van der Waals surface area contributed by atoms with E-state index in [1.165, 1.54) is 12.8 Å². The molecule has 0 aliphatic carbocycles. The third-order valence-electron chi connectivity index (χ3n) is 3.44. The lowest BCUT2D eigenvalue weighted by Gasteiger charge is -1.98. The van der Waals surface area contributed by atoms with Crippen molar-refractivity contribution in [3.8, 4) is 23.7 Å².